The zero-order valence-corrected chi connectivity index (χ0v) is 17.9. The van der Waals surface area contributed by atoms with Crippen molar-refractivity contribution < 1.29 is 12.8 Å². The summed E-state index contributed by atoms with van der Waals surface area (Å²) in [6.07, 6.45) is 3.15. The maximum absolute atomic E-state index is 14.6. The summed E-state index contributed by atoms with van der Waals surface area (Å²) < 4.78 is 39.6. The molecule has 3 N–H and O–H groups in total. The van der Waals surface area contributed by atoms with Gasteiger partial charge in [0.1, 0.15) is 11.3 Å². The lowest BCUT2D eigenvalue weighted by molar-refractivity contribution is 0.597. The number of halogens is 1. The smallest absolute Gasteiger partial charge is 0.238 e. The Morgan fingerprint density at radius 3 is 2.71 bits per heavy atom. The molecule has 11 heteroatoms. The fourth-order valence-corrected chi connectivity index (χ4v) is 4.10. The van der Waals surface area contributed by atoms with E-state index in [1.165, 1.54) is 16.8 Å². The van der Waals surface area contributed by atoms with Crippen LogP contribution in [0.15, 0.2) is 53.7 Å². The van der Waals surface area contributed by atoms with Gasteiger partial charge >= 0.3 is 0 Å². The molecule has 2 aromatic heterocycles. The molecule has 0 unspecified atom stereocenters. The number of fused-ring (bicyclic) bond motifs is 1. The number of aryl methyl sites for hydroxylation is 2. The van der Waals surface area contributed by atoms with Gasteiger partial charge in [0, 0.05) is 37.1 Å². The minimum absolute atomic E-state index is 0.0195. The van der Waals surface area contributed by atoms with Gasteiger partial charge < -0.3 is 10.2 Å². The molecule has 0 radical (unpaired) electrons. The third-order valence-corrected chi connectivity index (χ3v) is 5.95. The Hall–Kier alpha value is -3.57. The van der Waals surface area contributed by atoms with Crippen LogP contribution in [0.1, 0.15) is 5.56 Å². The zero-order chi connectivity index (χ0) is 22.3. The lowest BCUT2D eigenvalue weighted by Crippen LogP contribution is -2.14. The van der Waals surface area contributed by atoms with Crippen LogP contribution in [0.25, 0.3) is 10.9 Å². The number of nitrogens with one attached hydrogen (secondary N) is 1. The number of primary sulfonamides is 1. The van der Waals surface area contributed by atoms with Crippen molar-refractivity contribution in [3.05, 3.63) is 60.2 Å². The Kier molecular flexibility index (Phi) is 5.07. The van der Waals surface area contributed by atoms with Crippen molar-refractivity contribution in [1.82, 2.24) is 19.7 Å². The first-order chi connectivity index (χ1) is 14.6. The predicted octanol–water partition coefficient (Wildman–Crippen LogP) is 2.97. The summed E-state index contributed by atoms with van der Waals surface area (Å²) in [6.45, 7) is 1.66. The van der Waals surface area contributed by atoms with Crippen LogP contribution in [0.5, 0.6) is 0 Å². The second kappa shape index (κ2) is 7.60. The predicted molar refractivity (Wildman–Crippen MR) is 117 cm³/mol. The molecule has 4 aromatic rings. The maximum atomic E-state index is 14.6. The second-order valence-corrected chi connectivity index (χ2v) is 8.61. The van der Waals surface area contributed by atoms with Crippen LogP contribution in [0.3, 0.4) is 0 Å². The Bertz CT molecular complexity index is 1400. The molecule has 2 aromatic carbocycles. The molecule has 0 bridgehead atoms. The number of anilines is 4. The van der Waals surface area contributed by atoms with Gasteiger partial charge in [0.2, 0.25) is 16.0 Å². The summed E-state index contributed by atoms with van der Waals surface area (Å²) in [6, 6.07) is 9.69. The molecule has 160 valence electrons. The van der Waals surface area contributed by atoms with Crippen molar-refractivity contribution in [3.63, 3.8) is 0 Å². The summed E-state index contributed by atoms with van der Waals surface area (Å²) in [4.78, 5) is 10.4. The van der Waals surface area contributed by atoms with Gasteiger partial charge in [-0.3, -0.25) is 4.68 Å². The van der Waals surface area contributed by atoms with Gasteiger partial charge in [-0.2, -0.15) is 10.1 Å². The third kappa shape index (κ3) is 4.05. The minimum Gasteiger partial charge on any atom is -0.329 e. The standard InChI is InChI=1S/C20H20FN7O2S/c1-12-4-5-14(9-17(12)31(22,29)30)25-20-23-7-6-18(26-20)27(2)15-8-13-11-24-28(3)19(13)16(21)10-15/h4-11H,1-3H3,(H2,22,29,30)(H,23,25,26). The van der Waals surface area contributed by atoms with Gasteiger partial charge in [-0.25, -0.2) is 22.9 Å². The van der Waals surface area contributed by atoms with Gasteiger partial charge in [0.05, 0.1) is 11.1 Å². The van der Waals surface area contributed by atoms with E-state index in [1.54, 1.807) is 56.5 Å². The number of hydrogen-bond donors (Lipinski definition) is 2. The van der Waals surface area contributed by atoms with E-state index in [0.29, 0.717) is 33.7 Å². The molecule has 0 aliphatic heterocycles. The van der Waals surface area contributed by atoms with E-state index in [2.05, 4.69) is 20.4 Å². The Balaban J connectivity index is 1.65. The van der Waals surface area contributed by atoms with Crippen molar-refractivity contribution in [3.8, 4) is 0 Å². The van der Waals surface area contributed by atoms with Crippen LogP contribution in [0.4, 0.5) is 27.5 Å². The van der Waals surface area contributed by atoms with Crippen LogP contribution >= 0.6 is 0 Å². The zero-order valence-electron chi connectivity index (χ0n) is 17.0. The SMILES string of the molecule is Cc1ccc(Nc2nccc(N(C)c3cc(F)c4c(cnn4C)c3)n2)cc1S(N)(=O)=O. The number of aromatic nitrogens is 4. The summed E-state index contributed by atoms with van der Waals surface area (Å²) in [7, 11) is -0.416. The van der Waals surface area contributed by atoms with Gasteiger partial charge in [-0.05, 0) is 42.8 Å². The molecule has 0 saturated carbocycles. The number of hydrogen-bond acceptors (Lipinski definition) is 7. The molecule has 0 fully saturated rings. The van der Waals surface area contributed by atoms with E-state index >= 15 is 0 Å². The summed E-state index contributed by atoms with van der Waals surface area (Å²) in [5.41, 5.74) is 2.02. The lowest BCUT2D eigenvalue weighted by Gasteiger charge is -2.19. The molecule has 0 amide bonds. The second-order valence-electron chi connectivity index (χ2n) is 7.08. The molecule has 31 heavy (non-hydrogen) atoms. The van der Waals surface area contributed by atoms with E-state index in [-0.39, 0.29) is 16.7 Å². The Labute approximate surface area is 178 Å². The molecular weight excluding hydrogens is 421 g/mol. The number of rotatable bonds is 5. The fourth-order valence-electron chi connectivity index (χ4n) is 3.29. The molecule has 9 nitrogen and oxygen atoms in total. The van der Waals surface area contributed by atoms with Crippen molar-refractivity contribution in [2.75, 3.05) is 17.3 Å². The van der Waals surface area contributed by atoms with E-state index < -0.39 is 10.0 Å². The molecular formula is C20H20FN7O2S. The number of sulfonamides is 1. The van der Waals surface area contributed by atoms with Crippen LogP contribution in [0.2, 0.25) is 0 Å². The first-order valence-electron chi connectivity index (χ1n) is 9.22. The quantitative estimate of drug-likeness (QED) is 0.489. The Morgan fingerprint density at radius 2 is 1.97 bits per heavy atom. The largest absolute Gasteiger partial charge is 0.329 e. The topological polar surface area (TPSA) is 119 Å². The van der Waals surface area contributed by atoms with Gasteiger partial charge in [-0.15, -0.1) is 0 Å². The normalized spacial score (nSPS) is 11.6. The van der Waals surface area contributed by atoms with Crippen LogP contribution < -0.4 is 15.4 Å². The molecule has 0 atom stereocenters. The number of nitrogens with two attached hydrogens (primary N) is 1. The molecule has 0 saturated heterocycles. The van der Waals surface area contributed by atoms with E-state index in [0.717, 1.165) is 0 Å². The summed E-state index contributed by atoms with van der Waals surface area (Å²) in [5, 5.41) is 13.0. The summed E-state index contributed by atoms with van der Waals surface area (Å²) >= 11 is 0. The van der Waals surface area contributed by atoms with Crippen LogP contribution in [0, 0.1) is 12.7 Å². The average Bonchev–Trinajstić information content (AvgIpc) is 3.09. The molecule has 0 aliphatic carbocycles. The van der Waals surface area contributed by atoms with Crippen LogP contribution in [-0.4, -0.2) is 35.2 Å². The lowest BCUT2D eigenvalue weighted by atomic mass is 10.2. The number of benzene rings is 2. The highest BCUT2D eigenvalue weighted by Gasteiger charge is 2.15. The molecule has 0 aliphatic rings. The molecule has 2 heterocycles. The molecule has 4 rings (SSSR count). The first kappa shape index (κ1) is 20.7. The van der Waals surface area contributed by atoms with Gasteiger partial charge in [0.25, 0.3) is 0 Å². The third-order valence-electron chi connectivity index (χ3n) is 4.89. The van der Waals surface area contributed by atoms with Crippen LogP contribution in [-0.2, 0) is 17.1 Å². The van der Waals surface area contributed by atoms with Crippen molar-refractivity contribution in [2.45, 2.75) is 11.8 Å². The monoisotopic (exact) mass is 441 g/mol. The highest BCUT2D eigenvalue weighted by molar-refractivity contribution is 7.89. The summed E-state index contributed by atoms with van der Waals surface area (Å²) in [5.74, 6) is 0.373. The average molecular weight is 441 g/mol. The van der Waals surface area contributed by atoms with Crippen molar-refractivity contribution in [1.29, 1.82) is 0 Å². The maximum Gasteiger partial charge on any atom is 0.238 e. The van der Waals surface area contributed by atoms with Crippen molar-refractivity contribution in [2.24, 2.45) is 12.2 Å². The van der Waals surface area contributed by atoms with Crippen molar-refractivity contribution >= 4 is 44.1 Å². The minimum atomic E-state index is -3.86. The van der Waals surface area contributed by atoms with Gasteiger partial charge in [0.15, 0.2) is 5.82 Å². The van der Waals surface area contributed by atoms with E-state index in [4.69, 9.17) is 5.14 Å². The number of nitrogens with zero attached hydrogens (tertiary/aromatic N) is 5. The Morgan fingerprint density at radius 1 is 1.19 bits per heavy atom. The van der Waals surface area contributed by atoms with E-state index in [1.807, 2.05) is 6.07 Å². The fraction of sp³-hybridized carbons (Fsp3) is 0.150. The van der Waals surface area contributed by atoms with E-state index in [9.17, 15) is 12.8 Å². The van der Waals surface area contributed by atoms with Gasteiger partial charge in [-0.1, -0.05) is 6.07 Å². The highest BCUT2D eigenvalue weighted by Crippen LogP contribution is 2.29. The first-order valence-corrected chi connectivity index (χ1v) is 10.8. The highest BCUT2D eigenvalue weighted by atomic mass is 32.2. The molecule has 0 spiro atoms.